The second-order valence-electron chi connectivity index (χ2n) is 5.19. The first-order valence-electron chi connectivity index (χ1n) is 7.06. The zero-order valence-electron chi connectivity index (χ0n) is 12.9. The summed E-state index contributed by atoms with van der Waals surface area (Å²) in [5, 5.41) is 7.34. The molecule has 8 heteroatoms. The minimum Gasteiger partial charge on any atom is -0.333 e. The monoisotopic (exact) mass is 353 g/mol. The zero-order chi connectivity index (χ0) is 16.9. The first-order chi connectivity index (χ1) is 10.9. The number of hydrogen-bond donors (Lipinski definition) is 3. The molecule has 0 spiro atoms. The molecule has 0 atom stereocenters. The molecule has 2 aromatic rings. The number of nitrogens with one attached hydrogen (secondary N) is 3. The maximum absolute atomic E-state index is 12.0. The lowest BCUT2D eigenvalue weighted by Gasteiger charge is -2.11. The molecule has 6 nitrogen and oxygen atoms in total. The number of amides is 2. The zero-order valence-corrected chi connectivity index (χ0v) is 14.5. The number of hydrogen-bond acceptors (Lipinski definition) is 4. The standard InChI is InChI=1S/C15H19N3O3S2/c1-11(2)18-23(20,21)14-7-5-12(6-8-14)17-15(19)16-10-13-4-3-9-22-13/h3-9,11,18H,10H2,1-2H3,(H2,16,17,19). The Morgan fingerprint density at radius 2 is 1.87 bits per heavy atom. The molecule has 0 aliphatic heterocycles. The first-order valence-corrected chi connectivity index (χ1v) is 9.43. The summed E-state index contributed by atoms with van der Waals surface area (Å²) in [5.74, 6) is 0. The summed E-state index contributed by atoms with van der Waals surface area (Å²) in [7, 11) is -3.52. The summed E-state index contributed by atoms with van der Waals surface area (Å²) < 4.78 is 26.5. The molecule has 0 bridgehead atoms. The van der Waals surface area contributed by atoms with E-state index in [0.29, 0.717) is 12.2 Å². The number of thiophene rings is 1. The van der Waals surface area contributed by atoms with Gasteiger partial charge in [0.15, 0.2) is 0 Å². The third-order valence-corrected chi connectivity index (χ3v) is 5.37. The lowest BCUT2D eigenvalue weighted by molar-refractivity contribution is 0.252. The van der Waals surface area contributed by atoms with Crippen LogP contribution in [0.1, 0.15) is 18.7 Å². The van der Waals surface area contributed by atoms with Crippen LogP contribution in [0.3, 0.4) is 0 Å². The smallest absolute Gasteiger partial charge is 0.319 e. The van der Waals surface area contributed by atoms with E-state index in [2.05, 4.69) is 15.4 Å². The van der Waals surface area contributed by atoms with Gasteiger partial charge in [-0.15, -0.1) is 11.3 Å². The van der Waals surface area contributed by atoms with Crippen molar-refractivity contribution in [2.45, 2.75) is 31.3 Å². The largest absolute Gasteiger partial charge is 0.333 e. The molecule has 23 heavy (non-hydrogen) atoms. The number of carbonyl (C=O) groups excluding carboxylic acids is 1. The van der Waals surface area contributed by atoms with Crippen molar-refractivity contribution in [3.8, 4) is 0 Å². The van der Waals surface area contributed by atoms with Crippen LogP contribution in [0.2, 0.25) is 0 Å². The molecule has 0 fully saturated rings. The Kier molecular flexibility index (Phi) is 5.75. The van der Waals surface area contributed by atoms with Gasteiger partial charge in [0.1, 0.15) is 0 Å². The third-order valence-electron chi connectivity index (χ3n) is 2.82. The van der Waals surface area contributed by atoms with Crippen LogP contribution in [0.25, 0.3) is 0 Å². The minimum absolute atomic E-state index is 0.163. The van der Waals surface area contributed by atoms with Crippen molar-refractivity contribution in [1.29, 1.82) is 0 Å². The molecule has 0 aliphatic rings. The molecule has 1 heterocycles. The second-order valence-corrected chi connectivity index (χ2v) is 7.93. The summed E-state index contributed by atoms with van der Waals surface area (Å²) >= 11 is 1.56. The van der Waals surface area contributed by atoms with E-state index in [0.717, 1.165) is 4.88 Å². The van der Waals surface area contributed by atoms with E-state index in [1.165, 1.54) is 12.1 Å². The van der Waals surface area contributed by atoms with Crippen LogP contribution in [0.15, 0.2) is 46.7 Å². The Bertz CT molecular complexity index is 739. The fraction of sp³-hybridized carbons (Fsp3) is 0.267. The van der Waals surface area contributed by atoms with Gasteiger partial charge in [0, 0.05) is 16.6 Å². The van der Waals surface area contributed by atoms with Crippen LogP contribution < -0.4 is 15.4 Å². The summed E-state index contributed by atoms with van der Waals surface area (Å²) in [5.41, 5.74) is 0.525. The number of urea groups is 1. The highest BCUT2D eigenvalue weighted by molar-refractivity contribution is 7.89. The summed E-state index contributed by atoms with van der Waals surface area (Å²) in [6, 6.07) is 9.37. The Morgan fingerprint density at radius 1 is 1.17 bits per heavy atom. The fourth-order valence-electron chi connectivity index (χ4n) is 1.85. The number of carbonyl (C=O) groups is 1. The van der Waals surface area contributed by atoms with Crippen molar-refractivity contribution in [2.75, 3.05) is 5.32 Å². The lowest BCUT2D eigenvalue weighted by Crippen LogP contribution is -2.30. The Labute approximate surface area is 140 Å². The number of anilines is 1. The van der Waals surface area contributed by atoms with Gasteiger partial charge in [0.05, 0.1) is 11.4 Å². The minimum atomic E-state index is -3.52. The highest BCUT2D eigenvalue weighted by Crippen LogP contribution is 2.14. The number of rotatable bonds is 6. The van der Waals surface area contributed by atoms with Gasteiger partial charge in [0.2, 0.25) is 10.0 Å². The molecular formula is C15H19N3O3S2. The molecule has 124 valence electrons. The van der Waals surface area contributed by atoms with Crippen LogP contribution in [0.4, 0.5) is 10.5 Å². The molecule has 0 unspecified atom stereocenters. The quantitative estimate of drug-likeness (QED) is 0.746. The van der Waals surface area contributed by atoms with Gasteiger partial charge in [-0.1, -0.05) is 6.07 Å². The highest BCUT2D eigenvalue weighted by atomic mass is 32.2. The van der Waals surface area contributed by atoms with Crippen LogP contribution in [0.5, 0.6) is 0 Å². The normalized spacial score (nSPS) is 11.4. The van der Waals surface area contributed by atoms with E-state index in [4.69, 9.17) is 0 Å². The molecule has 2 amide bonds. The molecule has 0 aliphatic carbocycles. The Hall–Kier alpha value is -1.90. The van der Waals surface area contributed by atoms with E-state index >= 15 is 0 Å². The fourth-order valence-corrected chi connectivity index (χ4v) is 3.75. The third kappa shape index (κ3) is 5.34. The summed E-state index contributed by atoms with van der Waals surface area (Å²) in [4.78, 5) is 13.0. The van der Waals surface area contributed by atoms with Crippen LogP contribution in [-0.2, 0) is 16.6 Å². The van der Waals surface area contributed by atoms with E-state index in [1.807, 2.05) is 17.5 Å². The molecule has 2 rings (SSSR count). The first kappa shape index (κ1) is 17.5. The predicted molar refractivity (Wildman–Crippen MR) is 92.1 cm³/mol. The van der Waals surface area contributed by atoms with Crippen molar-refractivity contribution < 1.29 is 13.2 Å². The molecule has 0 radical (unpaired) electrons. The number of benzene rings is 1. The average molecular weight is 353 g/mol. The molecule has 1 aromatic heterocycles. The van der Waals surface area contributed by atoms with Crippen LogP contribution in [-0.4, -0.2) is 20.5 Å². The predicted octanol–water partition coefficient (Wildman–Crippen LogP) is 2.76. The van der Waals surface area contributed by atoms with Crippen molar-refractivity contribution in [3.05, 3.63) is 46.7 Å². The van der Waals surface area contributed by atoms with Gasteiger partial charge >= 0.3 is 6.03 Å². The molecule has 3 N–H and O–H groups in total. The lowest BCUT2D eigenvalue weighted by atomic mass is 10.3. The van der Waals surface area contributed by atoms with E-state index < -0.39 is 10.0 Å². The van der Waals surface area contributed by atoms with E-state index in [9.17, 15) is 13.2 Å². The topological polar surface area (TPSA) is 87.3 Å². The molecule has 0 saturated carbocycles. The second kappa shape index (κ2) is 7.58. The van der Waals surface area contributed by atoms with Gasteiger partial charge in [0.25, 0.3) is 0 Å². The molecular weight excluding hydrogens is 334 g/mol. The Balaban J connectivity index is 1.93. The van der Waals surface area contributed by atoms with E-state index in [-0.39, 0.29) is 17.0 Å². The van der Waals surface area contributed by atoms with Gasteiger partial charge in [-0.2, -0.15) is 0 Å². The highest BCUT2D eigenvalue weighted by Gasteiger charge is 2.15. The van der Waals surface area contributed by atoms with Crippen molar-refractivity contribution in [1.82, 2.24) is 10.0 Å². The van der Waals surface area contributed by atoms with Crippen molar-refractivity contribution in [3.63, 3.8) is 0 Å². The number of sulfonamides is 1. The maximum Gasteiger partial charge on any atom is 0.319 e. The maximum atomic E-state index is 12.0. The summed E-state index contributed by atoms with van der Waals surface area (Å²) in [6.45, 7) is 3.96. The van der Waals surface area contributed by atoms with Gasteiger partial charge in [-0.05, 0) is 49.6 Å². The van der Waals surface area contributed by atoms with E-state index in [1.54, 1.807) is 37.3 Å². The average Bonchev–Trinajstić information content (AvgIpc) is 2.97. The van der Waals surface area contributed by atoms with Gasteiger partial charge in [-0.3, -0.25) is 0 Å². The van der Waals surface area contributed by atoms with Crippen molar-refractivity contribution >= 4 is 33.1 Å². The van der Waals surface area contributed by atoms with Gasteiger partial charge < -0.3 is 10.6 Å². The SMILES string of the molecule is CC(C)NS(=O)(=O)c1ccc(NC(=O)NCc2cccs2)cc1. The molecule has 1 aromatic carbocycles. The van der Waals surface area contributed by atoms with Gasteiger partial charge in [-0.25, -0.2) is 17.9 Å². The molecule has 0 saturated heterocycles. The Morgan fingerprint density at radius 3 is 2.43 bits per heavy atom. The van der Waals surface area contributed by atoms with Crippen LogP contribution in [0, 0.1) is 0 Å². The van der Waals surface area contributed by atoms with Crippen molar-refractivity contribution in [2.24, 2.45) is 0 Å². The van der Waals surface area contributed by atoms with Crippen LogP contribution >= 0.6 is 11.3 Å². The summed E-state index contributed by atoms with van der Waals surface area (Å²) in [6.07, 6.45) is 0.